The first kappa shape index (κ1) is 17.8. The molecule has 0 amide bonds. The molecule has 0 aliphatic heterocycles. The Balaban J connectivity index is 2.50. The van der Waals surface area contributed by atoms with Crippen LogP contribution in [-0.4, -0.2) is 0 Å². The van der Waals surface area contributed by atoms with Crippen molar-refractivity contribution in [1.29, 1.82) is 0 Å². The van der Waals surface area contributed by atoms with E-state index in [1.165, 1.54) is 23.1 Å². The number of rotatable bonds is 4. The molecule has 1 heteroatoms. The number of benzene rings is 1. The first-order chi connectivity index (χ1) is 10.4. The van der Waals surface area contributed by atoms with E-state index in [1.807, 2.05) is 0 Å². The van der Waals surface area contributed by atoms with E-state index in [9.17, 15) is 0 Å². The summed E-state index contributed by atoms with van der Waals surface area (Å²) in [4.78, 5) is 0. The monoisotopic (exact) mass is 408 g/mol. The zero-order valence-corrected chi connectivity index (χ0v) is 16.8. The van der Waals surface area contributed by atoms with Crippen molar-refractivity contribution in [3.8, 4) is 0 Å². The van der Waals surface area contributed by atoms with Crippen molar-refractivity contribution in [2.75, 3.05) is 0 Å². The summed E-state index contributed by atoms with van der Waals surface area (Å²) in [6, 6.07) is 9.16. The van der Waals surface area contributed by atoms with Gasteiger partial charge in [0.05, 0.1) is 0 Å². The summed E-state index contributed by atoms with van der Waals surface area (Å²) in [6.07, 6.45) is 8.46. The van der Waals surface area contributed by atoms with Gasteiger partial charge in [-0.3, -0.25) is 0 Å². The zero-order valence-electron chi connectivity index (χ0n) is 14.7. The summed E-state index contributed by atoms with van der Waals surface area (Å²) < 4.78 is 1.08. The Morgan fingerprint density at radius 2 is 1.73 bits per heavy atom. The normalized spacial score (nSPS) is 26.1. The van der Waals surface area contributed by atoms with Crippen LogP contribution in [0.2, 0.25) is 0 Å². The summed E-state index contributed by atoms with van der Waals surface area (Å²) in [5.41, 5.74) is 6.34. The molecule has 0 heterocycles. The third-order valence-electron chi connectivity index (χ3n) is 5.36. The van der Waals surface area contributed by atoms with Crippen LogP contribution in [0.15, 0.2) is 42.0 Å². The van der Waals surface area contributed by atoms with Gasteiger partial charge in [-0.2, -0.15) is 0 Å². The molecule has 1 aromatic rings. The second-order valence-corrected chi connectivity index (χ2v) is 7.98. The van der Waals surface area contributed by atoms with Crippen LogP contribution in [0.5, 0.6) is 0 Å². The molecule has 0 radical (unpaired) electrons. The highest BCUT2D eigenvalue weighted by molar-refractivity contribution is 14.1. The van der Waals surface area contributed by atoms with E-state index in [-0.39, 0.29) is 5.41 Å². The molecule has 0 saturated heterocycles. The lowest BCUT2D eigenvalue weighted by Gasteiger charge is -2.46. The molecule has 0 aromatic heterocycles. The lowest BCUT2D eigenvalue weighted by atomic mass is 9.58. The van der Waals surface area contributed by atoms with E-state index in [2.05, 4.69) is 93.6 Å². The van der Waals surface area contributed by atoms with E-state index >= 15 is 0 Å². The van der Waals surface area contributed by atoms with Gasteiger partial charge < -0.3 is 0 Å². The molecule has 0 N–H and O–H groups in total. The van der Waals surface area contributed by atoms with Crippen LogP contribution >= 0.6 is 22.6 Å². The number of allylic oxidation sites excluding steroid dienone is 4. The van der Waals surface area contributed by atoms with E-state index in [4.69, 9.17) is 0 Å². The number of hydrogen-bond acceptors (Lipinski definition) is 0. The minimum absolute atomic E-state index is 0.116. The smallest absolute Gasteiger partial charge is 0.0247 e. The maximum absolute atomic E-state index is 2.50. The van der Waals surface area contributed by atoms with Crippen LogP contribution in [-0.2, 0) is 4.43 Å². The summed E-state index contributed by atoms with van der Waals surface area (Å²) in [5, 5.41) is 0. The quantitative estimate of drug-likeness (QED) is 0.281. The average molecular weight is 408 g/mol. The zero-order chi connectivity index (χ0) is 16.4. The lowest BCUT2D eigenvalue weighted by molar-refractivity contribution is 0.310. The number of hydrogen-bond donors (Lipinski definition) is 0. The summed E-state index contributed by atoms with van der Waals surface area (Å²) in [7, 11) is 0. The SMILES string of the molecule is CC/C=C1/C(C)(C)C(c2ccc(CI)cc2)=CC[C@]1(C)CC. The second-order valence-electron chi connectivity index (χ2n) is 7.22. The molecule has 1 aromatic carbocycles. The van der Waals surface area contributed by atoms with Crippen LogP contribution in [0, 0.1) is 10.8 Å². The Bertz CT molecular complexity index is 574. The van der Waals surface area contributed by atoms with E-state index < -0.39 is 0 Å². The van der Waals surface area contributed by atoms with Gasteiger partial charge in [-0.1, -0.05) is 99.2 Å². The Kier molecular flexibility index (Phi) is 5.58. The van der Waals surface area contributed by atoms with Crippen molar-refractivity contribution in [3.05, 3.63) is 53.1 Å². The summed E-state index contributed by atoms with van der Waals surface area (Å²) >= 11 is 2.43. The van der Waals surface area contributed by atoms with Gasteiger partial charge >= 0.3 is 0 Å². The van der Waals surface area contributed by atoms with Gasteiger partial charge in [0.25, 0.3) is 0 Å². The number of halogens is 1. The fraction of sp³-hybridized carbons (Fsp3) is 0.524. The highest BCUT2D eigenvalue weighted by atomic mass is 127. The van der Waals surface area contributed by atoms with Crippen LogP contribution in [0.1, 0.15) is 65.0 Å². The molecule has 2 rings (SSSR count). The Morgan fingerprint density at radius 3 is 2.23 bits per heavy atom. The van der Waals surface area contributed by atoms with Crippen molar-refractivity contribution in [2.24, 2.45) is 10.8 Å². The molecule has 0 nitrogen and oxygen atoms in total. The molecule has 0 bridgehead atoms. The molecule has 0 fully saturated rings. The highest BCUT2D eigenvalue weighted by Crippen LogP contribution is 2.55. The van der Waals surface area contributed by atoms with Crippen molar-refractivity contribution in [2.45, 2.75) is 58.3 Å². The van der Waals surface area contributed by atoms with Crippen molar-refractivity contribution in [1.82, 2.24) is 0 Å². The first-order valence-electron chi connectivity index (χ1n) is 8.46. The maximum atomic E-state index is 2.50. The third kappa shape index (κ3) is 3.20. The largest absolute Gasteiger partial charge is 0.0842 e. The van der Waals surface area contributed by atoms with Gasteiger partial charge in [-0.15, -0.1) is 0 Å². The highest BCUT2D eigenvalue weighted by Gasteiger charge is 2.41. The van der Waals surface area contributed by atoms with Crippen LogP contribution in [0.4, 0.5) is 0 Å². The van der Waals surface area contributed by atoms with Gasteiger partial charge in [0, 0.05) is 9.84 Å². The van der Waals surface area contributed by atoms with E-state index in [0.717, 1.165) is 17.3 Å². The lowest BCUT2D eigenvalue weighted by Crippen LogP contribution is -2.33. The molecular weight excluding hydrogens is 379 g/mol. The fourth-order valence-corrected chi connectivity index (χ4v) is 4.39. The van der Waals surface area contributed by atoms with E-state index in [0.29, 0.717) is 5.41 Å². The summed E-state index contributed by atoms with van der Waals surface area (Å²) in [6.45, 7) is 11.8. The minimum atomic E-state index is 0.116. The van der Waals surface area contributed by atoms with Crippen molar-refractivity contribution < 1.29 is 0 Å². The van der Waals surface area contributed by atoms with Crippen LogP contribution in [0.3, 0.4) is 0 Å². The van der Waals surface area contributed by atoms with Crippen LogP contribution in [0.25, 0.3) is 5.57 Å². The topological polar surface area (TPSA) is 0 Å². The van der Waals surface area contributed by atoms with Crippen molar-refractivity contribution in [3.63, 3.8) is 0 Å². The average Bonchev–Trinajstić information content (AvgIpc) is 2.51. The third-order valence-corrected chi connectivity index (χ3v) is 6.24. The Labute approximate surface area is 150 Å². The summed E-state index contributed by atoms with van der Waals surface area (Å²) in [5.74, 6) is 0. The molecule has 0 saturated carbocycles. The standard InChI is InChI=1S/C21H29I/c1-6-8-19-20(3,4)18(13-14-21(19,5)7-2)17-11-9-16(15-22)10-12-17/h8-13H,6-7,14-15H2,1-5H3/b19-8-/t21-/m0/s1. The predicted molar refractivity (Wildman–Crippen MR) is 107 cm³/mol. The van der Waals surface area contributed by atoms with Crippen molar-refractivity contribution >= 4 is 28.2 Å². The first-order valence-corrected chi connectivity index (χ1v) is 9.98. The molecule has 1 aliphatic rings. The van der Waals surface area contributed by atoms with Crippen LogP contribution < -0.4 is 0 Å². The minimum Gasteiger partial charge on any atom is -0.0842 e. The molecule has 22 heavy (non-hydrogen) atoms. The Morgan fingerprint density at radius 1 is 1.09 bits per heavy atom. The Hall–Kier alpha value is -0.570. The second kappa shape index (κ2) is 6.90. The molecule has 0 unspecified atom stereocenters. The van der Waals surface area contributed by atoms with E-state index in [1.54, 1.807) is 5.57 Å². The molecule has 1 aliphatic carbocycles. The fourth-order valence-electron chi connectivity index (χ4n) is 3.88. The number of alkyl halides is 1. The molecule has 0 spiro atoms. The van der Waals surface area contributed by atoms with Gasteiger partial charge in [0.1, 0.15) is 0 Å². The maximum Gasteiger partial charge on any atom is 0.0247 e. The predicted octanol–water partition coefficient (Wildman–Crippen LogP) is 7.19. The van der Waals surface area contributed by atoms with Gasteiger partial charge in [0.15, 0.2) is 0 Å². The molecular formula is C21H29I. The molecule has 120 valence electrons. The molecule has 1 atom stereocenters. The van der Waals surface area contributed by atoms with Gasteiger partial charge in [-0.25, -0.2) is 0 Å². The van der Waals surface area contributed by atoms with Gasteiger partial charge in [0.2, 0.25) is 0 Å². The van der Waals surface area contributed by atoms with Gasteiger partial charge in [-0.05, 0) is 41.4 Å².